The highest BCUT2D eigenvalue weighted by molar-refractivity contribution is 7.10. The Bertz CT molecular complexity index is 242. The molecule has 0 bridgehead atoms. The van der Waals surface area contributed by atoms with Crippen molar-refractivity contribution in [3.63, 3.8) is 0 Å². The van der Waals surface area contributed by atoms with Crippen LogP contribution in [0.3, 0.4) is 0 Å². The summed E-state index contributed by atoms with van der Waals surface area (Å²) in [4.78, 5) is 3.46. The molecule has 68 valence electrons. The molecule has 0 spiro atoms. The number of rotatable bonds is 3. The van der Waals surface area contributed by atoms with Gasteiger partial charge in [-0.2, -0.15) is 0 Å². The van der Waals surface area contributed by atoms with Crippen molar-refractivity contribution in [1.82, 2.24) is 4.90 Å². The van der Waals surface area contributed by atoms with E-state index in [1.807, 2.05) is 0 Å². The van der Waals surface area contributed by atoms with E-state index in [9.17, 15) is 0 Å². The van der Waals surface area contributed by atoms with Gasteiger partial charge in [-0.25, -0.2) is 0 Å². The highest BCUT2D eigenvalue weighted by atomic mass is 32.1. The van der Waals surface area contributed by atoms with E-state index < -0.39 is 0 Å². The zero-order chi connectivity index (χ0) is 9.14. The van der Waals surface area contributed by atoms with Crippen molar-refractivity contribution in [3.8, 4) is 0 Å². The molecule has 0 saturated heterocycles. The SMILES string of the molecule is CC(c1csc(CN)c1)N(C)C. The highest BCUT2D eigenvalue weighted by Gasteiger charge is 2.08. The minimum Gasteiger partial charge on any atom is -0.326 e. The maximum atomic E-state index is 5.54. The topological polar surface area (TPSA) is 29.3 Å². The Kier molecular flexibility index (Phi) is 3.26. The first-order valence-electron chi connectivity index (χ1n) is 4.09. The lowest BCUT2D eigenvalue weighted by molar-refractivity contribution is 0.321. The van der Waals surface area contributed by atoms with Crippen LogP contribution in [0.5, 0.6) is 0 Å². The first kappa shape index (κ1) is 9.71. The van der Waals surface area contributed by atoms with E-state index in [4.69, 9.17) is 5.73 Å². The minimum absolute atomic E-state index is 0.488. The minimum atomic E-state index is 0.488. The van der Waals surface area contributed by atoms with Crippen LogP contribution in [0.25, 0.3) is 0 Å². The molecule has 1 rings (SSSR count). The molecular weight excluding hydrogens is 168 g/mol. The van der Waals surface area contributed by atoms with Crippen LogP contribution in [-0.4, -0.2) is 19.0 Å². The van der Waals surface area contributed by atoms with Crippen LogP contribution in [-0.2, 0) is 6.54 Å². The first-order chi connectivity index (χ1) is 5.65. The third kappa shape index (κ3) is 2.06. The summed E-state index contributed by atoms with van der Waals surface area (Å²) in [5.74, 6) is 0. The predicted octanol–water partition coefficient (Wildman–Crippen LogP) is 1.83. The fourth-order valence-electron chi connectivity index (χ4n) is 1.02. The lowest BCUT2D eigenvalue weighted by Crippen LogP contribution is -2.15. The van der Waals surface area contributed by atoms with Crippen LogP contribution in [0, 0.1) is 0 Å². The number of thiophene rings is 1. The van der Waals surface area contributed by atoms with Crippen LogP contribution >= 0.6 is 11.3 Å². The third-order valence-electron chi connectivity index (χ3n) is 2.13. The van der Waals surface area contributed by atoms with Gasteiger partial charge in [0.15, 0.2) is 0 Å². The summed E-state index contributed by atoms with van der Waals surface area (Å²) in [7, 11) is 4.18. The van der Waals surface area contributed by atoms with E-state index >= 15 is 0 Å². The van der Waals surface area contributed by atoms with Gasteiger partial charge in [0.05, 0.1) is 0 Å². The van der Waals surface area contributed by atoms with E-state index in [1.165, 1.54) is 10.4 Å². The van der Waals surface area contributed by atoms with Gasteiger partial charge >= 0.3 is 0 Å². The monoisotopic (exact) mass is 184 g/mol. The molecule has 1 atom stereocenters. The average molecular weight is 184 g/mol. The fourth-order valence-corrected chi connectivity index (χ4v) is 1.87. The molecule has 1 aromatic rings. The van der Waals surface area contributed by atoms with Crippen molar-refractivity contribution in [1.29, 1.82) is 0 Å². The Balaban J connectivity index is 2.74. The van der Waals surface area contributed by atoms with Gasteiger partial charge in [-0.1, -0.05) is 0 Å². The Hall–Kier alpha value is -0.380. The normalized spacial score (nSPS) is 13.8. The van der Waals surface area contributed by atoms with Crippen LogP contribution in [0.1, 0.15) is 23.4 Å². The molecule has 0 aliphatic heterocycles. The average Bonchev–Trinajstić information content (AvgIpc) is 2.50. The molecule has 0 fully saturated rings. The van der Waals surface area contributed by atoms with Gasteiger partial charge in [-0.05, 0) is 38.0 Å². The van der Waals surface area contributed by atoms with Gasteiger partial charge in [0.2, 0.25) is 0 Å². The summed E-state index contributed by atoms with van der Waals surface area (Å²) in [6, 6.07) is 2.68. The van der Waals surface area contributed by atoms with E-state index in [0.717, 1.165) is 0 Å². The summed E-state index contributed by atoms with van der Waals surface area (Å²) in [5, 5.41) is 2.19. The van der Waals surface area contributed by atoms with Crippen LogP contribution < -0.4 is 5.73 Å². The van der Waals surface area contributed by atoms with Gasteiger partial charge in [0.1, 0.15) is 0 Å². The summed E-state index contributed by atoms with van der Waals surface area (Å²) in [5.41, 5.74) is 6.90. The molecule has 1 unspecified atom stereocenters. The molecule has 2 N–H and O–H groups in total. The second-order valence-corrected chi connectivity index (χ2v) is 4.19. The summed E-state index contributed by atoms with van der Waals surface area (Å²) in [6.45, 7) is 2.85. The molecule has 1 heterocycles. The van der Waals surface area contributed by atoms with Crippen molar-refractivity contribution < 1.29 is 0 Å². The summed E-state index contributed by atoms with van der Waals surface area (Å²) < 4.78 is 0. The van der Waals surface area contributed by atoms with Crippen molar-refractivity contribution in [3.05, 3.63) is 21.9 Å². The van der Waals surface area contributed by atoms with E-state index in [2.05, 4.69) is 37.4 Å². The fraction of sp³-hybridized carbons (Fsp3) is 0.556. The van der Waals surface area contributed by atoms with E-state index in [-0.39, 0.29) is 0 Å². The smallest absolute Gasteiger partial charge is 0.0322 e. The molecule has 0 amide bonds. The van der Waals surface area contributed by atoms with Gasteiger partial charge < -0.3 is 10.6 Å². The second-order valence-electron chi connectivity index (χ2n) is 3.19. The molecule has 0 saturated carbocycles. The standard InChI is InChI=1S/C9H16N2S/c1-7(11(2)3)8-4-9(5-10)12-6-8/h4,6-7H,5,10H2,1-3H3. The van der Waals surface area contributed by atoms with Crippen molar-refractivity contribution >= 4 is 11.3 Å². The van der Waals surface area contributed by atoms with Crippen molar-refractivity contribution in [2.45, 2.75) is 19.5 Å². The van der Waals surface area contributed by atoms with Gasteiger partial charge in [0, 0.05) is 17.5 Å². The quantitative estimate of drug-likeness (QED) is 0.776. The Morgan fingerprint density at radius 1 is 1.58 bits per heavy atom. The first-order valence-corrected chi connectivity index (χ1v) is 4.97. The zero-order valence-corrected chi connectivity index (χ0v) is 8.69. The zero-order valence-electron chi connectivity index (χ0n) is 7.87. The maximum Gasteiger partial charge on any atom is 0.0322 e. The van der Waals surface area contributed by atoms with Gasteiger partial charge in [-0.15, -0.1) is 11.3 Å². The summed E-state index contributed by atoms with van der Waals surface area (Å²) >= 11 is 1.74. The Labute approximate surface area is 78.0 Å². The Morgan fingerprint density at radius 3 is 2.67 bits per heavy atom. The maximum absolute atomic E-state index is 5.54. The van der Waals surface area contributed by atoms with Crippen molar-refractivity contribution in [2.24, 2.45) is 5.73 Å². The van der Waals surface area contributed by atoms with E-state index in [0.29, 0.717) is 12.6 Å². The molecule has 0 aliphatic carbocycles. The highest BCUT2D eigenvalue weighted by Crippen LogP contribution is 2.23. The molecule has 1 aromatic heterocycles. The molecule has 2 nitrogen and oxygen atoms in total. The molecule has 0 radical (unpaired) electrons. The number of hydrogen-bond donors (Lipinski definition) is 1. The Morgan fingerprint density at radius 2 is 2.25 bits per heavy atom. The predicted molar refractivity (Wildman–Crippen MR) is 54.3 cm³/mol. The molecule has 12 heavy (non-hydrogen) atoms. The number of hydrogen-bond acceptors (Lipinski definition) is 3. The number of nitrogens with zero attached hydrogens (tertiary/aromatic N) is 1. The molecular formula is C9H16N2S. The van der Waals surface area contributed by atoms with Gasteiger partial charge in [0.25, 0.3) is 0 Å². The lowest BCUT2D eigenvalue weighted by Gasteiger charge is -2.18. The largest absolute Gasteiger partial charge is 0.326 e. The van der Waals surface area contributed by atoms with Gasteiger partial charge in [-0.3, -0.25) is 0 Å². The van der Waals surface area contributed by atoms with Crippen molar-refractivity contribution in [2.75, 3.05) is 14.1 Å². The second kappa shape index (κ2) is 4.03. The molecule has 0 aromatic carbocycles. The number of nitrogens with two attached hydrogens (primary N) is 1. The summed E-state index contributed by atoms with van der Waals surface area (Å²) in [6.07, 6.45) is 0. The third-order valence-corrected chi connectivity index (χ3v) is 3.11. The van der Waals surface area contributed by atoms with E-state index in [1.54, 1.807) is 11.3 Å². The van der Waals surface area contributed by atoms with Crippen LogP contribution in [0.15, 0.2) is 11.4 Å². The molecule has 0 aliphatic rings. The lowest BCUT2D eigenvalue weighted by atomic mass is 10.1. The van der Waals surface area contributed by atoms with Crippen LogP contribution in [0.2, 0.25) is 0 Å². The molecule has 3 heteroatoms. The van der Waals surface area contributed by atoms with Crippen LogP contribution in [0.4, 0.5) is 0 Å².